The normalized spacial score (nSPS) is 12.9. The highest BCUT2D eigenvalue weighted by molar-refractivity contribution is 6.30. The minimum atomic E-state index is 0.194. The first kappa shape index (κ1) is 16.6. The van der Waals surface area contributed by atoms with Crippen LogP contribution in [0.2, 0.25) is 5.02 Å². The Morgan fingerprint density at radius 1 is 1.45 bits per heavy atom. The molecule has 0 amide bonds. The van der Waals surface area contributed by atoms with Gasteiger partial charge in [-0.25, -0.2) is 0 Å². The number of nitrogens with one attached hydrogen (secondary N) is 2. The Labute approximate surface area is 125 Å². The van der Waals surface area contributed by atoms with Gasteiger partial charge in [0.1, 0.15) is 12.4 Å². The Hall–Kier alpha value is -1.46. The van der Waals surface area contributed by atoms with Gasteiger partial charge in [-0.2, -0.15) is 0 Å². The lowest BCUT2D eigenvalue weighted by atomic mass is 10.3. The van der Waals surface area contributed by atoms with Crippen LogP contribution in [0.3, 0.4) is 0 Å². The van der Waals surface area contributed by atoms with Crippen LogP contribution in [0.5, 0.6) is 5.75 Å². The third-order valence-electron chi connectivity index (χ3n) is 2.48. The molecule has 0 radical (unpaired) electrons. The topological polar surface area (TPSA) is 54.9 Å². The number of hydrogen-bond donors (Lipinski definition) is 2. The molecule has 0 fully saturated rings. The van der Waals surface area contributed by atoms with Crippen molar-refractivity contribution in [3.05, 3.63) is 29.3 Å². The largest absolute Gasteiger partial charge is 0.492 e. The average molecular weight is 300 g/mol. The molecule has 2 N–H and O–H groups in total. The van der Waals surface area contributed by atoms with Gasteiger partial charge in [-0.15, -0.1) is 0 Å². The van der Waals surface area contributed by atoms with Gasteiger partial charge >= 0.3 is 0 Å². The van der Waals surface area contributed by atoms with Crippen molar-refractivity contribution < 1.29 is 9.47 Å². The second-order valence-corrected chi connectivity index (χ2v) is 4.74. The van der Waals surface area contributed by atoms with Crippen molar-refractivity contribution in [2.45, 2.75) is 13.0 Å². The average Bonchev–Trinajstić information content (AvgIpc) is 2.42. The molecule has 0 saturated carbocycles. The Kier molecular flexibility index (Phi) is 7.84. The van der Waals surface area contributed by atoms with Crippen LogP contribution in [0, 0.1) is 0 Å². The van der Waals surface area contributed by atoms with E-state index in [1.807, 2.05) is 25.1 Å². The van der Waals surface area contributed by atoms with Crippen molar-refractivity contribution in [2.75, 3.05) is 33.9 Å². The van der Waals surface area contributed by atoms with E-state index in [0.29, 0.717) is 24.8 Å². The number of rotatable bonds is 7. The summed E-state index contributed by atoms with van der Waals surface area (Å²) in [6, 6.07) is 7.53. The zero-order valence-electron chi connectivity index (χ0n) is 12.1. The van der Waals surface area contributed by atoms with Crippen molar-refractivity contribution in [1.29, 1.82) is 0 Å². The lowest BCUT2D eigenvalue weighted by Crippen LogP contribution is -2.45. The minimum absolute atomic E-state index is 0.194. The van der Waals surface area contributed by atoms with E-state index < -0.39 is 0 Å². The van der Waals surface area contributed by atoms with Gasteiger partial charge in [0.15, 0.2) is 5.96 Å². The molecule has 1 aromatic carbocycles. The number of halogens is 1. The first-order chi connectivity index (χ1) is 9.65. The van der Waals surface area contributed by atoms with Crippen molar-refractivity contribution >= 4 is 17.6 Å². The molecule has 0 aromatic heterocycles. The number of methoxy groups -OCH3 is 1. The molecular formula is C14H22ClN3O2. The van der Waals surface area contributed by atoms with E-state index in [0.717, 1.165) is 11.7 Å². The Balaban J connectivity index is 2.25. The second kappa shape index (κ2) is 9.44. The van der Waals surface area contributed by atoms with E-state index in [1.165, 1.54) is 0 Å². The van der Waals surface area contributed by atoms with Gasteiger partial charge in [0, 0.05) is 25.2 Å². The van der Waals surface area contributed by atoms with E-state index in [4.69, 9.17) is 21.1 Å². The van der Waals surface area contributed by atoms with Gasteiger partial charge in [0.2, 0.25) is 0 Å². The van der Waals surface area contributed by atoms with Crippen LogP contribution < -0.4 is 15.4 Å². The molecule has 1 rings (SSSR count). The maximum atomic E-state index is 5.88. The molecule has 1 atom stereocenters. The fourth-order valence-electron chi connectivity index (χ4n) is 1.61. The quantitative estimate of drug-likeness (QED) is 0.459. The first-order valence-corrected chi connectivity index (χ1v) is 6.88. The van der Waals surface area contributed by atoms with Crippen molar-refractivity contribution in [3.8, 4) is 5.75 Å². The second-order valence-electron chi connectivity index (χ2n) is 4.31. The van der Waals surface area contributed by atoms with Gasteiger partial charge in [-0.1, -0.05) is 17.7 Å². The SMILES string of the molecule is CN=C(NCCOc1cccc(Cl)c1)NC(C)COC. The zero-order valence-corrected chi connectivity index (χ0v) is 12.9. The third kappa shape index (κ3) is 6.63. The summed E-state index contributed by atoms with van der Waals surface area (Å²) in [6.07, 6.45) is 0. The van der Waals surface area contributed by atoms with Crippen LogP contribution in [0.1, 0.15) is 6.92 Å². The number of hydrogen-bond acceptors (Lipinski definition) is 3. The van der Waals surface area contributed by atoms with Gasteiger partial charge < -0.3 is 20.1 Å². The predicted octanol–water partition coefficient (Wildman–Crippen LogP) is 1.92. The molecule has 1 aromatic rings. The molecule has 6 heteroatoms. The molecule has 0 spiro atoms. The predicted molar refractivity (Wildman–Crippen MR) is 82.8 cm³/mol. The summed E-state index contributed by atoms with van der Waals surface area (Å²) < 4.78 is 10.6. The standard InChI is InChI=1S/C14H22ClN3O2/c1-11(10-19-3)18-14(16-2)17-7-8-20-13-6-4-5-12(15)9-13/h4-6,9,11H,7-8,10H2,1-3H3,(H2,16,17,18). The fraction of sp³-hybridized carbons (Fsp3) is 0.500. The number of benzene rings is 1. The van der Waals surface area contributed by atoms with Crippen LogP contribution in [0.15, 0.2) is 29.3 Å². The summed E-state index contributed by atoms with van der Waals surface area (Å²) in [6.45, 7) is 3.82. The highest BCUT2D eigenvalue weighted by Crippen LogP contribution is 2.16. The zero-order chi connectivity index (χ0) is 14.8. The van der Waals surface area contributed by atoms with Gasteiger partial charge in [-0.05, 0) is 25.1 Å². The summed E-state index contributed by atoms with van der Waals surface area (Å²) in [7, 11) is 3.40. The fourth-order valence-corrected chi connectivity index (χ4v) is 1.80. The van der Waals surface area contributed by atoms with Crippen molar-refractivity contribution in [3.63, 3.8) is 0 Å². The maximum Gasteiger partial charge on any atom is 0.191 e. The van der Waals surface area contributed by atoms with Crippen molar-refractivity contribution in [2.24, 2.45) is 4.99 Å². The number of guanidine groups is 1. The summed E-state index contributed by atoms with van der Waals surface area (Å²) >= 11 is 5.88. The van der Waals surface area contributed by atoms with Gasteiger partial charge in [0.05, 0.1) is 13.2 Å². The van der Waals surface area contributed by atoms with E-state index in [2.05, 4.69) is 15.6 Å². The van der Waals surface area contributed by atoms with Crippen LogP contribution in [-0.4, -0.2) is 45.9 Å². The van der Waals surface area contributed by atoms with E-state index in [1.54, 1.807) is 20.2 Å². The minimum Gasteiger partial charge on any atom is -0.492 e. The summed E-state index contributed by atoms with van der Waals surface area (Å²) in [4.78, 5) is 4.13. The molecule has 0 saturated heterocycles. The molecule has 112 valence electrons. The Bertz CT molecular complexity index is 427. The highest BCUT2D eigenvalue weighted by Gasteiger charge is 2.04. The maximum absolute atomic E-state index is 5.88. The highest BCUT2D eigenvalue weighted by atomic mass is 35.5. The van der Waals surface area contributed by atoms with Crippen molar-refractivity contribution in [1.82, 2.24) is 10.6 Å². The summed E-state index contributed by atoms with van der Waals surface area (Å²) in [5, 5.41) is 7.05. The molecule has 1 unspecified atom stereocenters. The molecule has 0 aliphatic heterocycles. The number of aliphatic imine (C=N–C) groups is 1. The lowest BCUT2D eigenvalue weighted by Gasteiger charge is -2.17. The summed E-state index contributed by atoms with van der Waals surface area (Å²) in [5.41, 5.74) is 0. The smallest absolute Gasteiger partial charge is 0.191 e. The molecule has 0 aliphatic rings. The Morgan fingerprint density at radius 3 is 2.90 bits per heavy atom. The molecule has 0 aliphatic carbocycles. The lowest BCUT2D eigenvalue weighted by molar-refractivity contribution is 0.179. The van der Waals surface area contributed by atoms with E-state index in [-0.39, 0.29) is 6.04 Å². The van der Waals surface area contributed by atoms with E-state index >= 15 is 0 Å². The Morgan fingerprint density at radius 2 is 2.25 bits per heavy atom. The van der Waals surface area contributed by atoms with Gasteiger partial charge in [-0.3, -0.25) is 4.99 Å². The molecule has 5 nitrogen and oxygen atoms in total. The molecular weight excluding hydrogens is 278 g/mol. The number of ether oxygens (including phenoxy) is 2. The third-order valence-corrected chi connectivity index (χ3v) is 2.72. The van der Waals surface area contributed by atoms with Gasteiger partial charge in [0.25, 0.3) is 0 Å². The number of nitrogens with zero attached hydrogens (tertiary/aromatic N) is 1. The monoisotopic (exact) mass is 299 g/mol. The molecule has 0 heterocycles. The molecule has 20 heavy (non-hydrogen) atoms. The van der Waals surface area contributed by atoms with E-state index in [9.17, 15) is 0 Å². The van der Waals surface area contributed by atoms with Crippen LogP contribution in [-0.2, 0) is 4.74 Å². The molecule has 0 bridgehead atoms. The van der Waals surface area contributed by atoms with Crippen LogP contribution in [0.4, 0.5) is 0 Å². The van der Waals surface area contributed by atoms with Crippen LogP contribution >= 0.6 is 11.6 Å². The van der Waals surface area contributed by atoms with Crippen LogP contribution in [0.25, 0.3) is 0 Å². The summed E-state index contributed by atoms with van der Waals surface area (Å²) in [5.74, 6) is 1.49. The first-order valence-electron chi connectivity index (χ1n) is 6.50.